The molecule has 3 aromatic carbocycles. The number of halogens is 3. The highest BCUT2D eigenvalue weighted by molar-refractivity contribution is 7.92. The van der Waals surface area contributed by atoms with Crippen molar-refractivity contribution < 1.29 is 26.4 Å². The number of anilines is 1. The zero-order chi connectivity index (χ0) is 28.0. The minimum Gasteiger partial charge on any atom is -0.353 e. The zero-order valence-corrected chi connectivity index (χ0v) is 22.5. The molecule has 208 valence electrons. The summed E-state index contributed by atoms with van der Waals surface area (Å²) in [6.45, 7) is 3.23. The van der Waals surface area contributed by atoms with Crippen molar-refractivity contribution >= 4 is 21.6 Å². The van der Waals surface area contributed by atoms with E-state index in [-0.39, 0.29) is 42.1 Å². The summed E-state index contributed by atoms with van der Waals surface area (Å²) in [5.41, 5.74) is 0.647. The Morgan fingerprint density at radius 1 is 0.974 bits per heavy atom. The van der Waals surface area contributed by atoms with E-state index in [1.807, 2.05) is 13.0 Å². The largest absolute Gasteiger partial charge is 0.353 e. The van der Waals surface area contributed by atoms with Gasteiger partial charge in [-0.15, -0.1) is 0 Å². The van der Waals surface area contributed by atoms with Crippen LogP contribution in [0.25, 0.3) is 0 Å². The van der Waals surface area contributed by atoms with Crippen LogP contribution in [0.15, 0.2) is 72.8 Å². The Morgan fingerprint density at radius 3 is 2.26 bits per heavy atom. The summed E-state index contributed by atoms with van der Waals surface area (Å²) < 4.78 is 70.1. The van der Waals surface area contributed by atoms with Crippen molar-refractivity contribution in [2.75, 3.05) is 23.9 Å². The van der Waals surface area contributed by atoms with Gasteiger partial charge < -0.3 is 5.32 Å². The minimum absolute atomic E-state index is 0.127. The maximum absolute atomic E-state index is 14.1. The first-order chi connectivity index (χ1) is 18.6. The molecule has 39 heavy (non-hydrogen) atoms. The van der Waals surface area contributed by atoms with Crippen LogP contribution in [0.3, 0.4) is 0 Å². The molecule has 0 spiro atoms. The van der Waals surface area contributed by atoms with Gasteiger partial charge in [-0.25, -0.2) is 21.6 Å². The molecule has 1 amide bonds. The number of amides is 1. The lowest BCUT2D eigenvalue weighted by Crippen LogP contribution is -2.51. The number of nitrogens with zero attached hydrogens (tertiary/aromatic N) is 2. The van der Waals surface area contributed by atoms with Crippen LogP contribution in [0.5, 0.6) is 0 Å². The standard InChI is InChI=1S/C29H32F3N3O3S/c1-21(34-15-13-24(14-16-34)33-29(36)18-26-27(31)11-6-12-28(26)32)19-35(25-10-5-9-23(30)17-25)39(37,38)20-22-7-3-2-4-8-22/h2-12,17,21,24H,13-16,18-20H2,1H3,(H,33,36)/t21-/m0/s1. The van der Waals surface area contributed by atoms with Gasteiger partial charge in [-0.2, -0.15) is 0 Å². The van der Waals surface area contributed by atoms with E-state index in [2.05, 4.69) is 10.2 Å². The smallest absolute Gasteiger partial charge is 0.239 e. The van der Waals surface area contributed by atoms with Crippen LogP contribution in [0.2, 0.25) is 0 Å². The maximum Gasteiger partial charge on any atom is 0.239 e. The van der Waals surface area contributed by atoms with Crippen molar-refractivity contribution in [3.8, 4) is 0 Å². The topological polar surface area (TPSA) is 69.7 Å². The summed E-state index contributed by atoms with van der Waals surface area (Å²) in [5.74, 6) is -2.69. The summed E-state index contributed by atoms with van der Waals surface area (Å²) in [4.78, 5) is 14.6. The Bertz CT molecular complexity index is 1360. The monoisotopic (exact) mass is 559 g/mol. The number of carbonyl (C=O) groups is 1. The number of carbonyl (C=O) groups excluding carboxylic acids is 1. The van der Waals surface area contributed by atoms with E-state index >= 15 is 0 Å². The van der Waals surface area contributed by atoms with Crippen molar-refractivity contribution in [2.45, 2.75) is 44.0 Å². The molecule has 1 aliphatic heterocycles. The number of benzene rings is 3. The molecule has 0 aliphatic carbocycles. The first-order valence-electron chi connectivity index (χ1n) is 12.9. The van der Waals surface area contributed by atoms with Crippen molar-refractivity contribution in [3.63, 3.8) is 0 Å². The van der Waals surface area contributed by atoms with Crippen LogP contribution in [0, 0.1) is 17.5 Å². The third kappa shape index (κ3) is 7.60. The van der Waals surface area contributed by atoms with Crippen molar-refractivity contribution in [3.05, 3.63) is 101 Å². The van der Waals surface area contributed by atoms with Crippen LogP contribution in [-0.4, -0.2) is 50.9 Å². The van der Waals surface area contributed by atoms with Gasteiger partial charge in [0.2, 0.25) is 15.9 Å². The Balaban J connectivity index is 1.38. The van der Waals surface area contributed by atoms with E-state index in [4.69, 9.17) is 0 Å². The lowest BCUT2D eigenvalue weighted by atomic mass is 10.0. The van der Waals surface area contributed by atoms with Gasteiger partial charge in [0.05, 0.1) is 17.9 Å². The fourth-order valence-corrected chi connectivity index (χ4v) is 6.50. The second kappa shape index (κ2) is 12.7. The molecule has 0 aromatic heterocycles. The van der Waals surface area contributed by atoms with Gasteiger partial charge in [-0.05, 0) is 55.7 Å². The lowest BCUT2D eigenvalue weighted by molar-refractivity contribution is -0.121. The molecule has 1 N–H and O–H groups in total. The quantitative estimate of drug-likeness (QED) is 0.393. The molecule has 0 bridgehead atoms. The summed E-state index contributed by atoms with van der Waals surface area (Å²) in [6.07, 6.45) is 0.829. The van der Waals surface area contributed by atoms with Gasteiger partial charge in [-0.3, -0.25) is 14.0 Å². The van der Waals surface area contributed by atoms with E-state index in [1.54, 1.807) is 30.3 Å². The summed E-state index contributed by atoms with van der Waals surface area (Å²) in [5, 5.41) is 2.86. The van der Waals surface area contributed by atoms with E-state index in [1.165, 1.54) is 28.6 Å². The number of hydrogen-bond acceptors (Lipinski definition) is 4. The highest BCUT2D eigenvalue weighted by atomic mass is 32.2. The maximum atomic E-state index is 14.1. The van der Waals surface area contributed by atoms with Gasteiger partial charge >= 0.3 is 0 Å². The van der Waals surface area contributed by atoms with E-state index < -0.39 is 33.4 Å². The number of nitrogens with one attached hydrogen (secondary N) is 1. The highest BCUT2D eigenvalue weighted by Gasteiger charge is 2.30. The molecule has 6 nitrogen and oxygen atoms in total. The number of piperidine rings is 1. The number of sulfonamides is 1. The van der Waals surface area contributed by atoms with E-state index in [0.29, 0.717) is 31.5 Å². The molecule has 1 heterocycles. The number of likely N-dealkylation sites (tertiary alicyclic amines) is 1. The summed E-state index contributed by atoms with van der Waals surface area (Å²) in [7, 11) is -3.82. The second-order valence-corrected chi connectivity index (χ2v) is 11.7. The zero-order valence-electron chi connectivity index (χ0n) is 21.7. The van der Waals surface area contributed by atoms with Gasteiger partial charge in [-0.1, -0.05) is 42.5 Å². The predicted molar refractivity (Wildman–Crippen MR) is 145 cm³/mol. The fourth-order valence-electron chi connectivity index (χ4n) is 4.85. The van der Waals surface area contributed by atoms with Gasteiger partial charge in [0, 0.05) is 37.3 Å². The predicted octanol–water partition coefficient (Wildman–Crippen LogP) is 4.65. The molecule has 0 radical (unpaired) electrons. The summed E-state index contributed by atoms with van der Waals surface area (Å²) >= 11 is 0. The summed E-state index contributed by atoms with van der Waals surface area (Å²) in [6, 6.07) is 17.6. The van der Waals surface area contributed by atoms with Gasteiger partial charge in [0.1, 0.15) is 17.5 Å². The van der Waals surface area contributed by atoms with Crippen molar-refractivity contribution in [1.29, 1.82) is 0 Å². The molecule has 1 atom stereocenters. The van der Waals surface area contributed by atoms with E-state index in [0.717, 1.165) is 12.1 Å². The molecule has 1 saturated heterocycles. The molecular formula is C29H32F3N3O3S. The molecule has 1 aliphatic rings. The minimum atomic E-state index is -3.82. The number of hydrogen-bond donors (Lipinski definition) is 1. The van der Waals surface area contributed by atoms with E-state index in [9.17, 15) is 26.4 Å². The molecule has 0 saturated carbocycles. The molecular weight excluding hydrogens is 527 g/mol. The first kappa shape index (κ1) is 28.6. The Hall–Kier alpha value is -3.37. The van der Waals surface area contributed by atoms with Crippen molar-refractivity contribution in [1.82, 2.24) is 10.2 Å². The average Bonchev–Trinajstić information content (AvgIpc) is 2.90. The van der Waals surface area contributed by atoms with Gasteiger partial charge in [0.15, 0.2) is 0 Å². The first-order valence-corrected chi connectivity index (χ1v) is 14.5. The second-order valence-electron chi connectivity index (χ2n) is 9.86. The molecule has 3 aromatic rings. The molecule has 10 heteroatoms. The van der Waals surface area contributed by atoms with Crippen LogP contribution in [-0.2, 0) is 27.0 Å². The molecule has 0 unspecified atom stereocenters. The van der Waals surface area contributed by atoms with Crippen LogP contribution in [0.1, 0.15) is 30.9 Å². The van der Waals surface area contributed by atoms with Crippen LogP contribution >= 0.6 is 0 Å². The molecule has 1 fully saturated rings. The average molecular weight is 560 g/mol. The Morgan fingerprint density at radius 2 is 1.62 bits per heavy atom. The third-order valence-electron chi connectivity index (χ3n) is 6.97. The highest BCUT2D eigenvalue weighted by Crippen LogP contribution is 2.24. The van der Waals surface area contributed by atoms with Crippen LogP contribution < -0.4 is 9.62 Å². The Kier molecular flexibility index (Phi) is 9.29. The number of rotatable bonds is 10. The lowest BCUT2D eigenvalue weighted by Gasteiger charge is -2.38. The third-order valence-corrected chi connectivity index (χ3v) is 8.70. The SMILES string of the molecule is C[C@@H](CN(c1cccc(F)c1)S(=O)(=O)Cc1ccccc1)N1CCC(NC(=O)Cc2c(F)cccc2F)CC1. The van der Waals surface area contributed by atoms with Gasteiger partial charge in [0.25, 0.3) is 0 Å². The molecule has 4 rings (SSSR count). The Labute approximate surface area is 227 Å². The van der Waals surface area contributed by atoms with Crippen molar-refractivity contribution in [2.24, 2.45) is 0 Å². The normalized spacial score (nSPS) is 15.6. The van der Waals surface area contributed by atoms with Crippen LogP contribution in [0.4, 0.5) is 18.9 Å². The fraction of sp³-hybridized carbons (Fsp3) is 0.345.